The van der Waals surface area contributed by atoms with E-state index in [9.17, 15) is 13.2 Å². The summed E-state index contributed by atoms with van der Waals surface area (Å²) >= 11 is 0. The first-order valence-electron chi connectivity index (χ1n) is 8.22. The van der Waals surface area contributed by atoms with Gasteiger partial charge >= 0.3 is 0 Å². The molecule has 1 fully saturated rings. The molecule has 1 aromatic carbocycles. The van der Waals surface area contributed by atoms with Crippen LogP contribution in [0.2, 0.25) is 0 Å². The molecule has 3 N–H and O–H groups in total. The summed E-state index contributed by atoms with van der Waals surface area (Å²) in [5.41, 5.74) is 2.50. The fourth-order valence-corrected chi connectivity index (χ4v) is 4.13. The Balaban J connectivity index is 1.72. The molecule has 1 aliphatic rings. The maximum absolute atomic E-state index is 12.5. The number of carbonyl (C=O) groups is 1. The number of sulfonamides is 1. The van der Waals surface area contributed by atoms with Gasteiger partial charge in [-0.1, -0.05) is 6.07 Å². The Bertz CT molecular complexity index is 900. The number of aromatic amines is 1. The molecule has 8 heteroatoms. The van der Waals surface area contributed by atoms with E-state index in [0.29, 0.717) is 24.1 Å². The first-order chi connectivity index (χ1) is 11.8. The van der Waals surface area contributed by atoms with Gasteiger partial charge in [-0.2, -0.15) is 0 Å². The molecule has 1 unspecified atom stereocenters. The second-order valence-electron chi connectivity index (χ2n) is 6.45. The molecule has 1 saturated carbocycles. The maximum Gasteiger partial charge on any atom is 0.251 e. The number of benzene rings is 1. The molecule has 134 valence electrons. The molecule has 7 nitrogen and oxygen atoms in total. The van der Waals surface area contributed by atoms with Crippen molar-refractivity contribution in [1.82, 2.24) is 15.3 Å². The number of carbonyl (C=O) groups excluding carboxylic acids is 1. The minimum absolute atomic E-state index is 0.260. The Morgan fingerprint density at radius 1 is 1.32 bits per heavy atom. The molecule has 1 heterocycles. The molecule has 0 aliphatic heterocycles. The number of aromatic nitrogens is 2. The first-order valence-corrected chi connectivity index (χ1v) is 9.76. The van der Waals surface area contributed by atoms with Gasteiger partial charge in [0.2, 0.25) is 10.0 Å². The van der Waals surface area contributed by atoms with Gasteiger partial charge in [-0.25, -0.2) is 13.4 Å². The van der Waals surface area contributed by atoms with Gasteiger partial charge in [-0.3, -0.25) is 9.52 Å². The summed E-state index contributed by atoms with van der Waals surface area (Å²) in [5, 5.41) is 2.58. The third-order valence-electron chi connectivity index (χ3n) is 4.15. The molecule has 25 heavy (non-hydrogen) atoms. The summed E-state index contributed by atoms with van der Waals surface area (Å²) in [4.78, 5) is 20.0. The van der Waals surface area contributed by atoms with Gasteiger partial charge in [0.15, 0.2) is 0 Å². The number of hydrogen-bond acceptors (Lipinski definition) is 4. The Labute approximate surface area is 147 Å². The zero-order chi connectivity index (χ0) is 18.2. The van der Waals surface area contributed by atoms with E-state index >= 15 is 0 Å². The van der Waals surface area contributed by atoms with Gasteiger partial charge in [-0.05, 0) is 51.8 Å². The van der Waals surface area contributed by atoms with E-state index in [1.165, 1.54) is 0 Å². The Morgan fingerprint density at radius 3 is 2.64 bits per heavy atom. The van der Waals surface area contributed by atoms with Crippen LogP contribution in [-0.4, -0.2) is 29.5 Å². The van der Waals surface area contributed by atoms with Crippen molar-refractivity contribution in [3.63, 3.8) is 0 Å². The molecule has 0 bridgehead atoms. The summed E-state index contributed by atoms with van der Waals surface area (Å²) < 4.78 is 26.6. The van der Waals surface area contributed by atoms with E-state index in [2.05, 4.69) is 20.0 Å². The van der Waals surface area contributed by atoms with Gasteiger partial charge < -0.3 is 10.3 Å². The molecule has 2 aromatic rings. The molecule has 1 aliphatic carbocycles. The van der Waals surface area contributed by atoms with Crippen molar-refractivity contribution in [3.8, 4) is 0 Å². The summed E-state index contributed by atoms with van der Waals surface area (Å²) in [6.45, 7) is 5.63. The number of nitrogens with zero attached hydrogens (tertiary/aromatic N) is 1. The van der Waals surface area contributed by atoms with Crippen LogP contribution < -0.4 is 10.0 Å². The molecule has 1 amide bonds. The fraction of sp³-hybridized carbons (Fsp3) is 0.412. The van der Waals surface area contributed by atoms with E-state index < -0.39 is 10.0 Å². The summed E-state index contributed by atoms with van der Waals surface area (Å²) in [7, 11) is -3.35. The molecule has 1 atom stereocenters. The van der Waals surface area contributed by atoms with E-state index in [1.807, 2.05) is 20.8 Å². The molecule has 0 saturated heterocycles. The van der Waals surface area contributed by atoms with Gasteiger partial charge in [0, 0.05) is 16.9 Å². The van der Waals surface area contributed by atoms with Crippen LogP contribution in [-0.2, 0) is 10.0 Å². The lowest BCUT2D eigenvalue weighted by atomic mass is 10.1. The van der Waals surface area contributed by atoms with Crippen molar-refractivity contribution in [1.29, 1.82) is 0 Å². The van der Waals surface area contributed by atoms with Crippen molar-refractivity contribution < 1.29 is 13.2 Å². The number of imidazole rings is 1. The number of amides is 1. The van der Waals surface area contributed by atoms with Crippen LogP contribution in [0.1, 0.15) is 53.4 Å². The number of nitrogens with one attached hydrogen (secondary N) is 3. The molecule has 0 radical (unpaired) electrons. The number of anilines is 1. The number of rotatable bonds is 6. The average molecular weight is 362 g/mol. The largest absolute Gasteiger partial charge is 0.346 e. The van der Waals surface area contributed by atoms with Crippen LogP contribution in [0.3, 0.4) is 0 Å². The topological polar surface area (TPSA) is 104 Å². The Morgan fingerprint density at radius 2 is 2.04 bits per heavy atom. The average Bonchev–Trinajstić information content (AvgIpc) is 3.33. The van der Waals surface area contributed by atoms with Gasteiger partial charge in [0.05, 0.1) is 17.0 Å². The lowest BCUT2D eigenvalue weighted by molar-refractivity contribution is 0.0939. The Hall–Kier alpha value is -2.35. The molecule has 1 aromatic heterocycles. The van der Waals surface area contributed by atoms with E-state index in [1.54, 1.807) is 24.3 Å². The molecule has 0 spiro atoms. The van der Waals surface area contributed by atoms with Crippen molar-refractivity contribution in [2.24, 2.45) is 0 Å². The van der Waals surface area contributed by atoms with Crippen molar-refractivity contribution in [2.45, 2.75) is 44.9 Å². The van der Waals surface area contributed by atoms with Crippen molar-refractivity contribution in [3.05, 3.63) is 47.0 Å². The summed E-state index contributed by atoms with van der Waals surface area (Å²) in [5.74, 6) is 0.519. The zero-order valence-corrected chi connectivity index (χ0v) is 15.3. The highest BCUT2D eigenvalue weighted by molar-refractivity contribution is 7.93. The van der Waals surface area contributed by atoms with Crippen LogP contribution >= 0.6 is 0 Å². The van der Waals surface area contributed by atoms with Crippen LogP contribution in [0.4, 0.5) is 5.69 Å². The second-order valence-corrected chi connectivity index (χ2v) is 8.42. The Kier molecular flexibility index (Phi) is 4.55. The first kappa shape index (κ1) is 17.5. The van der Waals surface area contributed by atoms with Crippen molar-refractivity contribution in [2.75, 3.05) is 4.72 Å². The van der Waals surface area contributed by atoms with Crippen LogP contribution in [0.25, 0.3) is 0 Å². The number of H-pyrrole nitrogens is 1. The van der Waals surface area contributed by atoms with Gasteiger partial charge in [-0.15, -0.1) is 0 Å². The normalized spacial score (nSPS) is 15.6. The number of hydrogen-bond donors (Lipinski definition) is 3. The molecule has 3 rings (SSSR count). The van der Waals surface area contributed by atoms with E-state index in [0.717, 1.165) is 17.2 Å². The van der Waals surface area contributed by atoms with Crippen LogP contribution in [0.15, 0.2) is 24.3 Å². The maximum atomic E-state index is 12.5. The quantitative estimate of drug-likeness (QED) is 0.734. The highest BCUT2D eigenvalue weighted by Crippen LogP contribution is 2.29. The van der Waals surface area contributed by atoms with E-state index in [4.69, 9.17) is 0 Å². The fourth-order valence-electron chi connectivity index (χ4n) is 2.75. The lowest BCUT2D eigenvalue weighted by Crippen LogP contribution is -2.27. The molecular weight excluding hydrogens is 340 g/mol. The van der Waals surface area contributed by atoms with Crippen molar-refractivity contribution >= 4 is 21.6 Å². The SMILES string of the molecule is Cc1nc(C(C)NC(=O)c2cccc(NS(=O)(=O)C3CC3)c2)c(C)[nH]1. The minimum Gasteiger partial charge on any atom is -0.346 e. The highest BCUT2D eigenvalue weighted by Gasteiger charge is 2.35. The van der Waals surface area contributed by atoms with E-state index in [-0.39, 0.29) is 17.2 Å². The summed E-state index contributed by atoms with van der Waals surface area (Å²) in [6.07, 6.45) is 1.38. The van der Waals surface area contributed by atoms with Crippen LogP contribution in [0, 0.1) is 13.8 Å². The smallest absolute Gasteiger partial charge is 0.251 e. The predicted molar refractivity (Wildman–Crippen MR) is 95.9 cm³/mol. The monoisotopic (exact) mass is 362 g/mol. The lowest BCUT2D eigenvalue weighted by Gasteiger charge is -2.14. The third-order valence-corrected chi connectivity index (χ3v) is 6.02. The third kappa shape index (κ3) is 4.01. The second kappa shape index (κ2) is 6.51. The van der Waals surface area contributed by atoms with Crippen LogP contribution in [0.5, 0.6) is 0 Å². The summed E-state index contributed by atoms with van der Waals surface area (Å²) in [6, 6.07) is 6.24. The minimum atomic E-state index is -3.35. The molecular formula is C17H22N4O3S. The zero-order valence-electron chi connectivity index (χ0n) is 14.5. The predicted octanol–water partition coefficient (Wildman–Crippen LogP) is 2.42. The number of aryl methyl sites for hydroxylation is 2. The standard InChI is InChI=1S/C17H22N4O3S/c1-10-16(20-12(3)18-10)11(2)19-17(22)13-5-4-6-14(9-13)21-25(23,24)15-7-8-15/h4-6,9,11,15,21H,7-8H2,1-3H3,(H,18,20)(H,19,22). The van der Waals surface area contributed by atoms with Gasteiger partial charge in [0.1, 0.15) is 5.82 Å². The van der Waals surface area contributed by atoms with Gasteiger partial charge in [0.25, 0.3) is 5.91 Å². The highest BCUT2D eigenvalue weighted by atomic mass is 32.2.